The van der Waals surface area contributed by atoms with Gasteiger partial charge < -0.3 is 33.6 Å². The first kappa shape index (κ1) is 106. The van der Waals surface area contributed by atoms with E-state index in [1.54, 1.807) is 25.1 Å². The maximum absolute atomic E-state index is 12.3. The number of amides is 1. The molecule has 658 valence electrons. The van der Waals surface area contributed by atoms with Crippen LogP contribution in [0.5, 0.6) is 0 Å². The van der Waals surface area contributed by atoms with Crippen LogP contribution in [0, 0.1) is 65.1 Å². The van der Waals surface area contributed by atoms with Gasteiger partial charge in [0.05, 0.1) is 62.7 Å². The molecule has 11 heterocycles. The van der Waals surface area contributed by atoms with Gasteiger partial charge in [-0.2, -0.15) is 20.4 Å². The number of hydrogen-bond acceptors (Lipinski definition) is 15. The number of hydrogen-bond donors (Lipinski definition) is 2. The number of nitrogens with zero attached hydrogens (tertiary/aromatic N) is 12. The Labute approximate surface area is 688 Å². The van der Waals surface area contributed by atoms with Gasteiger partial charge in [-0.25, -0.2) is 13.2 Å². The lowest BCUT2D eigenvalue weighted by Gasteiger charge is -2.38. The molecule has 2 N–H and O–H groups in total. The lowest BCUT2D eigenvalue weighted by atomic mass is 10.0. The highest BCUT2D eigenvalue weighted by atomic mass is 19.3. The first-order valence-electron chi connectivity index (χ1n) is 43.8. The molecule has 4 aromatic heterocycles. The van der Waals surface area contributed by atoms with Gasteiger partial charge in [0.15, 0.2) is 0 Å². The Morgan fingerprint density at radius 1 is 0.558 bits per heavy atom. The van der Waals surface area contributed by atoms with Gasteiger partial charge in [-0.15, -0.1) is 0 Å². The maximum Gasteiger partial charge on any atom is 0.306 e. The van der Waals surface area contributed by atoms with Crippen molar-refractivity contribution in [2.75, 3.05) is 132 Å². The van der Waals surface area contributed by atoms with E-state index < -0.39 is 12.1 Å². The Bertz CT molecular complexity index is 2770. The molecule has 0 aromatic carbocycles. The van der Waals surface area contributed by atoms with Crippen molar-refractivity contribution in [1.29, 1.82) is 0 Å². The van der Waals surface area contributed by atoms with Crippen LogP contribution in [-0.4, -0.2) is 250 Å². The molecule has 0 aliphatic carbocycles. The molecule has 0 spiro atoms. The normalized spacial score (nSPS) is 19.1. The van der Waals surface area contributed by atoms with Crippen LogP contribution in [0.3, 0.4) is 0 Å². The van der Waals surface area contributed by atoms with Crippen LogP contribution in [0.1, 0.15) is 246 Å². The largest absolute Gasteiger partial charge is 0.462 e. The van der Waals surface area contributed by atoms with Crippen LogP contribution >= 0.6 is 0 Å². The van der Waals surface area contributed by atoms with Crippen LogP contribution in [-0.2, 0) is 68.3 Å². The van der Waals surface area contributed by atoms with Crippen molar-refractivity contribution in [3.05, 3.63) is 71.8 Å². The SMILES string of the molecule is CC(=O)N1CCOC(CC(C)C)C1.CC(C)CC1CCC(=O)O1.CC(C)CC1CN(C)CCO1.CC(C)CCN1CC(F)(F)C1.CC(C)CCN1CC(F)C1.CC(C)CCN1CCC1.CC(C)Cc1ccn(C)n1.CC(C)Cc1ccn[nH]1.CC(C)Cc1cn[nH]c1.CC(C)Cc1cnn(C)c1.COC1CN(CCC(C)C)C1. The van der Waals surface area contributed by atoms with E-state index in [9.17, 15) is 22.8 Å². The Kier molecular flexibility index (Phi) is 57.1. The number of esters is 1. The van der Waals surface area contributed by atoms with Crippen LogP contribution in [0.4, 0.5) is 13.2 Å². The van der Waals surface area contributed by atoms with Crippen LogP contribution < -0.4 is 0 Å². The van der Waals surface area contributed by atoms with E-state index in [2.05, 4.69) is 222 Å². The van der Waals surface area contributed by atoms with Crippen molar-refractivity contribution in [3.8, 4) is 0 Å². The highest BCUT2D eigenvalue weighted by Crippen LogP contribution is 2.27. The third kappa shape index (κ3) is 58.7. The summed E-state index contributed by atoms with van der Waals surface area (Å²) >= 11 is 0. The van der Waals surface area contributed by atoms with Crippen molar-refractivity contribution < 1.29 is 41.7 Å². The first-order valence-corrected chi connectivity index (χ1v) is 43.8. The molecule has 0 saturated carbocycles. The highest BCUT2D eigenvalue weighted by molar-refractivity contribution is 5.73. The molecule has 20 nitrogen and oxygen atoms in total. The zero-order valence-electron chi connectivity index (χ0n) is 76.9. The van der Waals surface area contributed by atoms with Crippen LogP contribution in [0.2, 0.25) is 0 Å². The predicted molar refractivity (Wildman–Crippen MR) is 463 cm³/mol. The van der Waals surface area contributed by atoms with Crippen molar-refractivity contribution in [2.45, 2.75) is 286 Å². The summed E-state index contributed by atoms with van der Waals surface area (Å²) in [5, 5.41) is 21.8. The van der Waals surface area contributed by atoms with Crippen LogP contribution in [0.15, 0.2) is 49.3 Å². The molecular weight excluding hydrogens is 1430 g/mol. The fourth-order valence-corrected chi connectivity index (χ4v) is 12.9. The monoisotopic (exact) mass is 1600 g/mol. The minimum Gasteiger partial charge on any atom is -0.462 e. The van der Waals surface area contributed by atoms with Gasteiger partial charge in [-0.1, -0.05) is 152 Å². The molecule has 7 aliphatic heterocycles. The second kappa shape index (κ2) is 60.7. The van der Waals surface area contributed by atoms with Gasteiger partial charge >= 0.3 is 5.97 Å². The number of nitrogens with one attached hydrogen (secondary N) is 2. The number of morpholine rings is 2. The number of carbonyl (C=O) groups excluding carboxylic acids is 2. The van der Waals surface area contributed by atoms with Crippen molar-refractivity contribution in [2.24, 2.45) is 79.2 Å². The summed E-state index contributed by atoms with van der Waals surface area (Å²) < 4.78 is 61.9. The molecule has 3 unspecified atom stereocenters. The van der Waals surface area contributed by atoms with Crippen LogP contribution in [0.25, 0.3) is 0 Å². The summed E-state index contributed by atoms with van der Waals surface area (Å²) in [6.45, 7) is 66.2. The molecule has 0 bridgehead atoms. The molecule has 4 aromatic rings. The van der Waals surface area contributed by atoms with Crippen molar-refractivity contribution >= 4 is 11.9 Å². The first-order chi connectivity index (χ1) is 53.1. The lowest BCUT2D eigenvalue weighted by molar-refractivity contribution is -0.142. The average Bonchev–Trinajstić information content (AvgIpc) is 1.59. The van der Waals surface area contributed by atoms with E-state index in [-0.39, 0.29) is 37.2 Å². The van der Waals surface area contributed by atoms with E-state index in [0.717, 1.165) is 146 Å². The third-order valence-corrected chi connectivity index (χ3v) is 19.4. The standard InChI is InChI=1S/C10H19NO2.2C9H19NO.C8H15F2N.C8H16FN.2C8H14N2.C8H17N.C8H14O2.2C7H12N2/c1-8(2)6-10-7-11(9(3)12)4-5-13-10;1-8(2)6-9-7-10(3)4-5-11-9;1-8(2)4-5-10-6-9(7-10)11-3;1-7(2)3-4-11-5-8(9,10)6-11;1-7(2)3-4-10-5-8(9)6-10;1-7(2)4-8-5-9-10(3)6-8;1-7(2)6-8-4-5-10(3)9-8;1-8(2)4-7-9-5-3-6-9;1-6(2)5-7-3-4-8(9)10-7;1-6(2)3-7-4-8-9-5-7;1-6(2)5-7-3-4-8-9-7/h8,10H,4-7H2,1-3H3;2*8-9H,4-7H2,1-3H3;7H,3-6H2,1-2H3;7-8H,3-6H2,1-2H3;5-7H,4H2,1-3H3;4-5,7H,6H2,1-3H3;8H,3-7H2,1-2H3;6-7H,3-5H2,1-2H3;4-6H,3H2,1-2H3,(H,8,9);3-4,6H,5H2,1-2H3,(H,8,9). The molecule has 7 saturated heterocycles. The summed E-state index contributed by atoms with van der Waals surface area (Å²) in [5.74, 6) is 5.72. The minimum atomic E-state index is -2.39. The third-order valence-electron chi connectivity index (χ3n) is 19.4. The van der Waals surface area contributed by atoms with Gasteiger partial charge in [0.2, 0.25) is 5.91 Å². The molecule has 1 amide bonds. The number of H-pyrrole nitrogens is 2. The zero-order chi connectivity index (χ0) is 85.2. The molecule has 113 heavy (non-hydrogen) atoms. The summed E-state index contributed by atoms with van der Waals surface area (Å²) in [4.78, 5) is 34.9. The molecule has 7 aliphatic rings. The summed E-state index contributed by atoms with van der Waals surface area (Å²) in [5.41, 5.74) is 5.05. The second-order valence-electron chi connectivity index (χ2n) is 37.3. The number of carbonyl (C=O) groups is 2. The smallest absolute Gasteiger partial charge is 0.306 e. The zero-order valence-corrected chi connectivity index (χ0v) is 76.9. The number of ether oxygens (including phenoxy) is 4. The molecule has 7 fully saturated rings. The van der Waals surface area contributed by atoms with E-state index in [1.165, 1.54) is 80.8 Å². The average molecular weight is 1600 g/mol. The number of aryl methyl sites for hydroxylation is 2. The van der Waals surface area contributed by atoms with E-state index in [4.69, 9.17) is 18.9 Å². The van der Waals surface area contributed by atoms with Gasteiger partial charge in [-0.05, 0) is 218 Å². The number of aromatic amines is 2. The molecule has 0 radical (unpaired) electrons. The van der Waals surface area contributed by atoms with Gasteiger partial charge in [0, 0.05) is 117 Å². The van der Waals surface area contributed by atoms with Crippen molar-refractivity contribution in [1.82, 2.24) is 69.4 Å². The number of likely N-dealkylation sites (tertiary alicyclic amines) is 4. The Hall–Kier alpha value is -4.75. The van der Waals surface area contributed by atoms with Gasteiger partial charge in [0.1, 0.15) is 12.3 Å². The van der Waals surface area contributed by atoms with E-state index in [0.29, 0.717) is 67.9 Å². The molecule has 11 rings (SSSR count). The number of likely N-dealkylation sites (N-methyl/N-ethyl adjacent to an activating group) is 1. The summed E-state index contributed by atoms with van der Waals surface area (Å²) in [7, 11) is 7.86. The Morgan fingerprint density at radius 3 is 1.43 bits per heavy atom. The van der Waals surface area contributed by atoms with E-state index in [1.807, 2.05) is 59.2 Å². The fourth-order valence-electron chi connectivity index (χ4n) is 12.9. The quantitative estimate of drug-likeness (QED) is 0.0537. The van der Waals surface area contributed by atoms with Gasteiger partial charge in [0.25, 0.3) is 5.92 Å². The molecule has 3 atom stereocenters. The summed E-state index contributed by atoms with van der Waals surface area (Å²) in [6.07, 6.45) is 28.1. The van der Waals surface area contributed by atoms with E-state index >= 15 is 0 Å². The maximum atomic E-state index is 12.3. The molecular formula is C90H171F3N14O6. The van der Waals surface area contributed by atoms with Gasteiger partial charge in [-0.3, -0.25) is 43.8 Å². The predicted octanol–water partition coefficient (Wildman–Crippen LogP) is 17.6. The summed E-state index contributed by atoms with van der Waals surface area (Å²) in [6, 6.07) is 4.08. The number of cyclic esters (lactones) is 1. The highest BCUT2D eigenvalue weighted by Gasteiger charge is 2.43. The number of methoxy groups -OCH3 is 1. The lowest BCUT2D eigenvalue weighted by Crippen LogP contribution is -2.56. The minimum absolute atomic E-state index is 0.0225. The Morgan fingerprint density at radius 2 is 1.05 bits per heavy atom. The van der Waals surface area contributed by atoms with Crippen molar-refractivity contribution in [3.63, 3.8) is 0 Å². The second-order valence-corrected chi connectivity index (χ2v) is 37.3. The molecule has 23 heteroatoms. The number of halogens is 3. The number of alkyl halides is 3. The number of aromatic nitrogens is 8. The fraction of sp³-hybridized carbons (Fsp3) is 0.844. The Balaban J connectivity index is 0.000000622. The topological polar surface area (TPSA) is 183 Å². The number of rotatable bonds is 27.